The van der Waals surface area contributed by atoms with Crippen molar-refractivity contribution >= 4 is 16.0 Å². The number of benzene rings is 1. The Bertz CT molecular complexity index is 588. The van der Waals surface area contributed by atoms with Crippen LogP contribution in [0.25, 0.3) is 0 Å². The van der Waals surface area contributed by atoms with Gasteiger partial charge in [-0.15, -0.1) is 0 Å². The first-order valence-electron chi connectivity index (χ1n) is 8.53. The van der Waals surface area contributed by atoms with Crippen molar-refractivity contribution in [2.75, 3.05) is 25.4 Å². The zero-order valence-electron chi connectivity index (χ0n) is 14.9. The summed E-state index contributed by atoms with van der Waals surface area (Å²) < 4.78 is 25.3. The maximum absolute atomic E-state index is 11.4. The Hall–Kier alpha value is -1.60. The fourth-order valence-corrected chi connectivity index (χ4v) is 2.73. The number of aliphatic imine (C=N–C) groups is 1. The monoisotopic (exact) mass is 354 g/mol. The van der Waals surface area contributed by atoms with E-state index < -0.39 is 10.0 Å². The van der Waals surface area contributed by atoms with Gasteiger partial charge in [-0.2, -0.15) is 0 Å². The topological polar surface area (TPSA) is 82.6 Å². The van der Waals surface area contributed by atoms with E-state index in [0.29, 0.717) is 19.0 Å². The molecule has 0 saturated carbocycles. The molecule has 136 valence electrons. The van der Waals surface area contributed by atoms with Crippen molar-refractivity contribution in [1.29, 1.82) is 0 Å². The Balaban J connectivity index is 2.41. The van der Waals surface area contributed by atoms with E-state index in [4.69, 9.17) is 0 Å². The van der Waals surface area contributed by atoms with E-state index in [-0.39, 0.29) is 11.8 Å². The van der Waals surface area contributed by atoms with Gasteiger partial charge in [0.2, 0.25) is 10.0 Å². The molecule has 0 aliphatic carbocycles. The number of hydrogen-bond acceptors (Lipinski definition) is 3. The van der Waals surface area contributed by atoms with Crippen molar-refractivity contribution in [3.8, 4) is 0 Å². The van der Waals surface area contributed by atoms with Crippen molar-refractivity contribution in [2.24, 2.45) is 4.99 Å². The summed E-state index contributed by atoms with van der Waals surface area (Å²) in [5, 5.41) is 6.55. The average Bonchev–Trinajstić information content (AvgIpc) is 2.58. The third kappa shape index (κ3) is 8.88. The molecule has 0 saturated heterocycles. The largest absolute Gasteiger partial charge is 0.357 e. The van der Waals surface area contributed by atoms with E-state index in [2.05, 4.69) is 51.5 Å². The predicted octanol–water partition coefficient (Wildman–Crippen LogP) is 1.50. The van der Waals surface area contributed by atoms with Crippen LogP contribution in [0.1, 0.15) is 32.8 Å². The molecule has 0 fully saturated rings. The predicted molar refractivity (Wildman–Crippen MR) is 101 cm³/mol. The normalized spacial score (nSPS) is 13.5. The standard InChI is InChI=1S/C17H30N4O2S/c1-4-18-17(19-13-14-20-24(22,23)5-2)21-15(3)11-12-16-9-7-6-8-10-16/h6-10,15,20H,4-5,11-14H2,1-3H3,(H2,18,19,21). The molecule has 1 unspecified atom stereocenters. The fourth-order valence-electron chi connectivity index (χ4n) is 2.12. The first-order chi connectivity index (χ1) is 11.5. The van der Waals surface area contributed by atoms with Crippen LogP contribution in [0, 0.1) is 0 Å². The number of rotatable bonds is 10. The van der Waals surface area contributed by atoms with Crippen LogP contribution in [0.5, 0.6) is 0 Å². The highest BCUT2D eigenvalue weighted by atomic mass is 32.2. The Morgan fingerprint density at radius 3 is 2.54 bits per heavy atom. The van der Waals surface area contributed by atoms with Gasteiger partial charge in [0.1, 0.15) is 0 Å². The van der Waals surface area contributed by atoms with Gasteiger partial charge in [-0.05, 0) is 39.2 Å². The van der Waals surface area contributed by atoms with E-state index in [1.165, 1.54) is 5.56 Å². The molecule has 0 bridgehead atoms. The molecule has 24 heavy (non-hydrogen) atoms. The minimum absolute atomic E-state index is 0.0888. The van der Waals surface area contributed by atoms with Crippen molar-refractivity contribution in [2.45, 2.75) is 39.7 Å². The van der Waals surface area contributed by atoms with E-state index >= 15 is 0 Å². The second-order valence-electron chi connectivity index (χ2n) is 5.63. The third-order valence-corrected chi connectivity index (χ3v) is 4.92. The number of guanidine groups is 1. The first-order valence-corrected chi connectivity index (χ1v) is 10.2. The summed E-state index contributed by atoms with van der Waals surface area (Å²) in [5.74, 6) is 0.805. The smallest absolute Gasteiger partial charge is 0.211 e. The molecule has 1 atom stereocenters. The van der Waals surface area contributed by atoms with Crippen molar-refractivity contribution in [3.05, 3.63) is 35.9 Å². The lowest BCUT2D eigenvalue weighted by atomic mass is 10.1. The zero-order valence-corrected chi connectivity index (χ0v) is 15.7. The molecule has 0 aliphatic rings. The molecule has 0 aromatic heterocycles. The van der Waals surface area contributed by atoms with Crippen LogP contribution in [0.15, 0.2) is 35.3 Å². The summed E-state index contributed by atoms with van der Waals surface area (Å²) in [6.07, 6.45) is 2.00. The minimum atomic E-state index is -3.15. The Kier molecular flexibility index (Phi) is 9.41. The lowest BCUT2D eigenvalue weighted by Gasteiger charge is -2.18. The van der Waals surface area contributed by atoms with Crippen LogP contribution in [0.2, 0.25) is 0 Å². The van der Waals surface area contributed by atoms with Crippen LogP contribution < -0.4 is 15.4 Å². The highest BCUT2D eigenvalue weighted by Crippen LogP contribution is 2.04. The molecule has 0 heterocycles. The van der Waals surface area contributed by atoms with E-state index in [9.17, 15) is 8.42 Å². The number of nitrogens with one attached hydrogen (secondary N) is 3. The molecule has 6 nitrogen and oxygen atoms in total. The molecule has 1 aromatic rings. The molecule has 7 heteroatoms. The summed E-state index contributed by atoms with van der Waals surface area (Å²) in [4.78, 5) is 4.41. The SMILES string of the molecule is CCNC(=NCCNS(=O)(=O)CC)NC(C)CCc1ccccc1. The van der Waals surface area contributed by atoms with Gasteiger partial charge in [0.15, 0.2) is 5.96 Å². The van der Waals surface area contributed by atoms with Crippen molar-refractivity contribution in [1.82, 2.24) is 15.4 Å². The van der Waals surface area contributed by atoms with Crippen molar-refractivity contribution in [3.63, 3.8) is 0 Å². The highest BCUT2D eigenvalue weighted by Gasteiger charge is 2.07. The first kappa shape index (κ1) is 20.4. The Labute approximate surface area is 146 Å². The minimum Gasteiger partial charge on any atom is -0.357 e. The van der Waals surface area contributed by atoms with Gasteiger partial charge >= 0.3 is 0 Å². The summed E-state index contributed by atoms with van der Waals surface area (Å²) in [7, 11) is -3.15. The average molecular weight is 355 g/mol. The van der Waals surface area contributed by atoms with Gasteiger partial charge in [0, 0.05) is 19.1 Å². The summed E-state index contributed by atoms with van der Waals surface area (Å²) in [6, 6.07) is 10.7. The number of nitrogens with zero attached hydrogens (tertiary/aromatic N) is 1. The lowest BCUT2D eigenvalue weighted by Crippen LogP contribution is -2.42. The van der Waals surface area contributed by atoms with Gasteiger partial charge in [0.25, 0.3) is 0 Å². The molecule has 0 spiro atoms. The molecule has 0 aliphatic heterocycles. The quantitative estimate of drug-likeness (QED) is 0.338. The highest BCUT2D eigenvalue weighted by molar-refractivity contribution is 7.89. The molecule has 0 amide bonds. The zero-order chi connectivity index (χ0) is 17.8. The van der Waals surface area contributed by atoms with Gasteiger partial charge in [-0.25, -0.2) is 13.1 Å². The van der Waals surface area contributed by atoms with E-state index in [1.54, 1.807) is 6.92 Å². The lowest BCUT2D eigenvalue weighted by molar-refractivity contribution is 0.581. The molecule has 0 radical (unpaired) electrons. The van der Waals surface area contributed by atoms with Gasteiger partial charge in [-0.1, -0.05) is 30.3 Å². The second kappa shape index (κ2) is 11.0. The molecule has 1 rings (SSSR count). The van der Waals surface area contributed by atoms with E-state index in [0.717, 1.165) is 19.4 Å². The fraction of sp³-hybridized carbons (Fsp3) is 0.588. The maximum atomic E-state index is 11.4. The van der Waals surface area contributed by atoms with Crippen LogP contribution in [-0.4, -0.2) is 45.8 Å². The van der Waals surface area contributed by atoms with Gasteiger partial charge in [0.05, 0.1) is 12.3 Å². The second-order valence-corrected chi connectivity index (χ2v) is 7.72. The third-order valence-electron chi connectivity index (χ3n) is 3.52. The molecular weight excluding hydrogens is 324 g/mol. The van der Waals surface area contributed by atoms with Gasteiger partial charge in [-0.3, -0.25) is 4.99 Å². The maximum Gasteiger partial charge on any atom is 0.211 e. The molecule has 1 aromatic carbocycles. The van der Waals surface area contributed by atoms with E-state index in [1.807, 2.05) is 13.0 Å². The number of sulfonamides is 1. The number of aryl methyl sites for hydroxylation is 1. The van der Waals surface area contributed by atoms with Crippen LogP contribution in [0.3, 0.4) is 0 Å². The van der Waals surface area contributed by atoms with Crippen molar-refractivity contribution < 1.29 is 8.42 Å². The number of hydrogen-bond donors (Lipinski definition) is 3. The summed E-state index contributed by atoms with van der Waals surface area (Å²) >= 11 is 0. The molecular formula is C17H30N4O2S. The van der Waals surface area contributed by atoms with Gasteiger partial charge < -0.3 is 10.6 Å². The summed E-state index contributed by atoms with van der Waals surface area (Å²) in [6.45, 7) is 7.22. The van der Waals surface area contributed by atoms with Crippen LogP contribution >= 0.6 is 0 Å². The Morgan fingerprint density at radius 1 is 1.21 bits per heavy atom. The Morgan fingerprint density at radius 2 is 1.92 bits per heavy atom. The molecule has 3 N–H and O–H groups in total. The van der Waals surface area contributed by atoms with Crippen LogP contribution in [0.4, 0.5) is 0 Å². The summed E-state index contributed by atoms with van der Waals surface area (Å²) in [5.41, 5.74) is 1.32. The van der Waals surface area contributed by atoms with Crippen LogP contribution in [-0.2, 0) is 16.4 Å².